The second kappa shape index (κ2) is 6.76. The van der Waals surface area contributed by atoms with Gasteiger partial charge in [-0.1, -0.05) is 12.1 Å². The molecule has 1 N–H and O–H groups in total. The van der Waals surface area contributed by atoms with Crippen molar-refractivity contribution in [3.8, 4) is 5.75 Å². The van der Waals surface area contributed by atoms with Crippen LogP contribution in [0.2, 0.25) is 0 Å². The molecule has 0 saturated carbocycles. The highest BCUT2D eigenvalue weighted by Gasteiger charge is 2.17. The van der Waals surface area contributed by atoms with Crippen LogP contribution in [0.3, 0.4) is 0 Å². The quantitative estimate of drug-likeness (QED) is 0.794. The number of nitrogens with one attached hydrogen (secondary N) is 1. The third-order valence-corrected chi connectivity index (χ3v) is 3.99. The SMILES string of the molecule is COc1ccc2[nH]c(=O)c(CN(C)C(=O)c3ccccc3F)cc2c1. The van der Waals surface area contributed by atoms with Crippen LogP contribution in [0.1, 0.15) is 15.9 Å². The van der Waals surface area contributed by atoms with Crippen molar-refractivity contribution in [1.82, 2.24) is 9.88 Å². The van der Waals surface area contributed by atoms with Crippen molar-refractivity contribution in [2.75, 3.05) is 14.2 Å². The zero-order chi connectivity index (χ0) is 18.0. The summed E-state index contributed by atoms with van der Waals surface area (Å²) in [6, 6.07) is 12.8. The number of carbonyl (C=O) groups is 1. The molecule has 6 heteroatoms. The van der Waals surface area contributed by atoms with Gasteiger partial charge >= 0.3 is 0 Å². The first-order valence-corrected chi connectivity index (χ1v) is 7.69. The van der Waals surface area contributed by atoms with Gasteiger partial charge in [0.15, 0.2) is 0 Å². The number of ether oxygens (including phenoxy) is 1. The number of benzene rings is 2. The second-order valence-corrected chi connectivity index (χ2v) is 5.72. The molecular formula is C19H17FN2O3. The Balaban J connectivity index is 1.91. The molecule has 2 aromatic carbocycles. The van der Waals surface area contributed by atoms with Gasteiger partial charge in [0, 0.05) is 23.5 Å². The molecule has 0 aliphatic rings. The van der Waals surface area contributed by atoms with E-state index in [9.17, 15) is 14.0 Å². The van der Waals surface area contributed by atoms with E-state index < -0.39 is 11.7 Å². The number of fused-ring (bicyclic) bond motifs is 1. The first-order valence-electron chi connectivity index (χ1n) is 7.69. The number of hydrogen-bond donors (Lipinski definition) is 1. The van der Waals surface area contributed by atoms with Gasteiger partial charge in [-0.2, -0.15) is 0 Å². The highest BCUT2D eigenvalue weighted by molar-refractivity contribution is 5.94. The minimum Gasteiger partial charge on any atom is -0.497 e. The molecule has 3 aromatic rings. The maximum atomic E-state index is 13.8. The van der Waals surface area contributed by atoms with E-state index in [1.54, 1.807) is 37.4 Å². The fraction of sp³-hybridized carbons (Fsp3) is 0.158. The smallest absolute Gasteiger partial charge is 0.256 e. The Kier molecular flexibility index (Phi) is 4.52. The van der Waals surface area contributed by atoms with Crippen LogP contribution in [0.5, 0.6) is 5.75 Å². The number of halogens is 1. The van der Waals surface area contributed by atoms with Crippen LogP contribution < -0.4 is 10.3 Å². The Morgan fingerprint density at radius 1 is 1.20 bits per heavy atom. The van der Waals surface area contributed by atoms with E-state index in [1.165, 1.54) is 30.1 Å². The average molecular weight is 340 g/mol. The summed E-state index contributed by atoms with van der Waals surface area (Å²) >= 11 is 0. The zero-order valence-corrected chi connectivity index (χ0v) is 13.9. The number of rotatable bonds is 4. The normalized spacial score (nSPS) is 10.7. The molecular weight excluding hydrogens is 323 g/mol. The van der Waals surface area contributed by atoms with Crippen LogP contribution in [0.15, 0.2) is 53.3 Å². The lowest BCUT2D eigenvalue weighted by Gasteiger charge is -2.17. The van der Waals surface area contributed by atoms with Gasteiger partial charge in [0.25, 0.3) is 11.5 Å². The topological polar surface area (TPSA) is 62.4 Å². The Morgan fingerprint density at radius 3 is 2.68 bits per heavy atom. The molecule has 5 nitrogen and oxygen atoms in total. The summed E-state index contributed by atoms with van der Waals surface area (Å²) in [6.45, 7) is 0.0651. The number of amides is 1. The maximum Gasteiger partial charge on any atom is 0.256 e. The number of nitrogens with zero attached hydrogens (tertiary/aromatic N) is 1. The summed E-state index contributed by atoms with van der Waals surface area (Å²) in [5.74, 6) is -0.402. The molecule has 0 bridgehead atoms. The lowest BCUT2D eigenvalue weighted by Crippen LogP contribution is -2.29. The van der Waals surface area contributed by atoms with Gasteiger partial charge in [0.1, 0.15) is 11.6 Å². The number of H-pyrrole nitrogens is 1. The van der Waals surface area contributed by atoms with E-state index in [4.69, 9.17) is 4.74 Å². The Labute approximate surface area is 143 Å². The van der Waals surface area contributed by atoms with Gasteiger partial charge in [-0.05, 0) is 36.4 Å². The minimum atomic E-state index is -0.587. The molecule has 0 aliphatic carbocycles. The summed E-state index contributed by atoms with van der Waals surface area (Å²) in [7, 11) is 3.10. The number of methoxy groups -OCH3 is 1. The summed E-state index contributed by atoms with van der Waals surface area (Å²) in [5, 5.41) is 0.792. The lowest BCUT2D eigenvalue weighted by atomic mass is 10.1. The molecule has 1 heterocycles. The van der Waals surface area contributed by atoms with E-state index in [1.807, 2.05) is 0 Å². The number of aromatic amines is 1. The van der Waals surface area contributed by atoms with Gasteiger partial charge in [-0.25, -0.2) is 4.39 Å². The largest absolute Gasteiger partial charge is 0.497 e. The van der Waals surface area contributed by atoms with Crippen molar-refractivity contribution in [1.29, 1.82) is 0 Å². The van der Waals surface area contributed by atoms with E-state index in [2.05, 4.69) is 4.98 Å². The molecule has 0 aliphatic heterocycles. The van der Waals surface area contributed by atoms with Crippen LogP contribution in [0.25, 0.3) is 10.9 Å². The number of pyridine rings is 1. The highest BCUT2D eigenvalue weighted by atomic mass is 19.1. The first-order chi connectivity index (χ1) is 12.0. The molecule has 25 heavy (non-hydrogen) atoms. The standard InChI is InChI=1S/C19H17FN2O3/c1-22(19(24)15-5-3-4-6-16(15)20)11-13-9-12-10-14(25-2)7-8-17(12)21-18(13)23/h3-10H,11H2,1-2H3,(H,21,23). The van der Waals surface area contributed by atoms with Gasteiger partial charge in [-0.3, -0.25) is 9.59 Å². The van der Waals surface area contributed by atoms with Crippen molar-refractivity contribution >= 4 is 16.8 Å². The fourth-order valence-electron chi connectivity index (χ4n) is 2.64. The number of carbonyl (C=O) groups excluding carboxylic acids is 1. The van der Waals surface area contributed by atoms with Crippen LogP contribution >= 0.6 is 0 Å². The Morgan fingerprint density at radius 2 is 1.96 bits per heavy atom. The molecule has 0 unspecified atom stereocenters. The van der Waals surface area contributed by atoms with Crippen LogP contribution in [0, 0.1) is 5.82 Å². The van der Waals surface area contributed by atoms with Crippen molar-refractivity contribution in [2.45, 2.75) is 6.54 Å². The number of hydrogen-bond acceptors (Lipinski definition) is 3. The molecule has 0 fully saturated rings. The minimum absolute atomic E-state index is 0.0242. The monoisotopic (exact) mass is 340 g/mol. The second-order valence-electron chi connectivity index (χ2n) is 5.72. The molecule has 0 saturated heterocycles. The summed E-state index contributed by atoms with van der Waals surface area (Å²) in [4.78, 5) is 28.7. The summed E-state index contributed by atoms with van der Waals surface area (Å²) in [5.41, 5.74) is 0.778. The number of aromatic nitrogens is 1. The maximum absolute atomic E-state index is 13.8. The first kappa shape index (κ1) is 16.7. The molecule has 0 radical (unpaired) electrons. The van der Waals surface area contributed by atoms with Crippen molar-refractivity contribution in [2.24, 2.45) is 0 Å². The predicted octanol–water partition coefficient (Wildman–Crippen LogP) is 2.95. The average Bonchev–Trinajstić information content (AvgIpc) is 2.61. The summed E-state index contributed by atoms with van der Waals surface area (Å²) in [6.07, 6.45) is 0. The van der Waals surface area contributed by atoms with E-state index in [0.29, 0.717) is 16.8 Å². The van der Waals surface area contributed by atoms with Crippen molar-refractivity contribution < 1.29 is 13.9 Å². The third kappa shape index (κ3) is 3.38. The van der Waals surface area contributed by atoms with Crippen LogP contribution in [0.4, 0.5) is 4.39 Å². The molecule has 1 amide bonds. The van der Waals surface area contributed by atoms with Gasteiger partial charge in [0.2, 0.25) is 0 Å². The van der Waals surface area contributed by atoms with E-state index >= 15 is 0 Å². The van der Waals surface area contributed by atoms with Crippen molar-refractivity contribution in [3.05, 3.63) is 75.8 Å². The van der Waals surface area contributed by atoms with E-state index in [0.717, 1.165) is 5.39 Å². The van der Waals surface area contributed by atoms with Gasteiger partial charge in [-0.15, -0.1) is 0 Å². The van der Waals surface area contributed by atoms with E-state index in [-0.39, 0.29) is 17.7 Å². The fourth-order valence-corrected chi connectivity index (χ4v) is 2.64. The van der Waals surface area contributed by atoms with Crippen LogP contribution in [-0.4, -0.2) is 29.9 Å². The Bertz CT molecular complexity index is 997. The Hall–Kier alpha value is -3.15. The zero-order valence-electron chi connectivity index (χ0n) is 13.9. The van der Waals surface area contributed by atoms with Crippen molar-refractivity contribution in [3.63, 3.8) is 0 Å². The molecule has 0 atom stereocenters. The lowest BCUT2D eigenvalue weighted by molar-refractivity contribution is 0.0780. The van der Waals surface area contributed by atoms with Gasteiger partial charge in [0.05, 0.1) is 19.2 Å². The molecule has 0 spiro atoms. The van der Waals surface area contributed by atoms with Gasteiger partial charge < -0.3 is 14.6 Å². The molecule has 3 rings (SSSR count). The molecule has 128 valence electrons. The van der Waals surface area contributed by atoms with Crippen LogP contribution in [-0.2, 0) is 6.54 Å². The predicted molar refractivity (Wildman–Crippen MR) is 93.3 cm³/mol. The molecule has 1 aromatic heterocycles. The summed E-state index contributed by atoms with van der Waals surface area (Å²) < 4.78 is 19.0. The highest BCUT2D eigenvalue weighted by Crippen LogP contribution is 2.19. The third-order valence-electron chi connectivity index (χ3n) is 3.99.